The summed E-state index contributed by atoms with van der Waals surface area (Å²) in [6, 6.07) is 3.65. The third kappa shape index (κ3) is 3.44. The van der Waals surface area contributed by atoms with Gasteiger partial charge in [0.15, 0.2) is 0 Å². The Morgan fingerprint density at radius 2 is 2.26 bits per heavy atom. The second kappa shape index (κ2) is 6.02. The van der Waals surface area contributed by atoms with Crippen LogP contribution in [0.3, 0.4) is 0 Å². The molecule has 0 aliphatic rings. The third-order valence-corrected chi connectivity index (χ3v) is 3.92. The van der Waals surface area contributed by atoms with Crippen LogP contribution < -0.4 is 10.9 Å². The molecule has 2 rings (SSSR count). The highest BCUT2D eigenvalue weighted by atomic mass is 32.1. The van der Waals surface area contributed by atoms with Crippen molar-refractivity contribution in [1.29, 1.82) is 0 Å². The molecule has 0 aromatic carbocycles. The molecule has 0 saturated carbocycles. The predicted octanol–water partition coefficient (Wildman–Crippen LogP) is 3.13. The van der Waals surface area contributed by atoms with Gasteiger partial charge in [0.05, 0.1) is 6.54 Å². The number of hydrogen-bond acceptors (Lipinski definition) is 4. The second-order valence-electron chi connectivity index (χ2n) is 4.75. The lowest BCUT2D eigenvalue weighted by molar-refractivity contribution is 0.767. The van der Waals surface area contributed by atoms with Gasteiger partial charge in [-0.05, 0) is 23.4 Å². The molecule has 2 N–H and O–H groups in total. The van der Waals surface area contributed by atoms with Gasteiger partial charge in [0.25, 0.3) is 5.56 Å². The molecule has 19 heavy (non-hydrogen) atoms. The predicted molar refractivity (Wildman–Crippen MR) is 80.0 cm³/mol. The average molecular weight is 277 g/mol. The van der Waals surface area contributed by atoms with Crippen molar-refractivity contribution in [2.24, 2.45) is 0 Å². The molecule has 0 spiro atoms. The minimum Gasteiger partial charge on any atom is -0.365 e. The van der Waals surface area contributed by atoms with Gasteiger partial charge in [0.2, 0.25) is 0 Å². The SMILES string of the molecule is CCc1ccsc1CNc1cc(=O)[nH]c(C(C)C)n1. The van der Waals surface area contributed by atoms with E-state index in [0.717, 1.165) is 18.8 Å². The Morgan fingerprint density at radius 1 is 1.47 bits per heavy atom. The van der Waals surface area contributed by atoms with Crippen LogP contribution in [0, 0.1) is 0 Å². The minimum absolute atomic E-state index is 0.108. The molecule has 0 fully saturated rings. The zero-order valence-electron chi connectivity index (χ0n) is 11.5. The van der Waals surface area contributed by atoms with Crippen molar-refractivity contribution in [1.82, 2.24) is 9.97 Å². The van der Waals surface area contributed by atoms with Crippen LogP contribution in [0.5, 0.6) is 0 Å². The fourth-order valence-electron chi connectivity index (χ4n) is 1.85. The monoisotopic (exact) mass is 277 g/mol. The highest BCUT2D eigenvalue weighted by Crippen LogP contribution is 2.18. The van der Waals surface area contributed by atoms with Crippen molar-refractivity contribution in [3.63, 3.8) is 0 Å². The van der Waals surface area contributed by atoms with E-state index >= 15 is 0 Å². The lowest BCUT2D eigenvalue weighted by atomic mass is 10.2. The molecule has 4 nitrogen and oxygen atoms in total. The van der Waals surface area contributed by atoms with Gasteiger partial charge in [0.1, 0.15) is 11.6 Å². The van der Waals surface area contributed by atoms with Gasteiger partial charge in [-0.3, -0.25) is 4.79 Å². The Balaban J connectivity index is 2.13. The molecule has 2 aromatic rings. The van der Waals surface area contributed by atoms with Crippen LogP contribution in [0.1, 0.15) is 43.0 Å². The Morgan fingerprint density at radius 3 is 2.95 bits per heavy atom. The van der Waals surface area contributed by atoms with Gasteiger partial charge < -0.3 is 10.3 Å². The number of thiophene rings is 1. The van der Waals surface area contributed by atoms with E-state index in [4.69, 9.17) is 0 Å². The summed E-state index contributed by atoms with van der Waals surface area (Å²) in [6.07, 6.45) is 1.03. The van der Waals surface area contributed by atoms with Crippen LogP contribution in [0.15, 0.2) is 22.3 Å². The van der Waals surface area contributed by atoms with Crippen LogP contribution >= 0.6 is 11.3 Å². The molecule has 5 heteroatoms. The van der Waals surface area contributed by atoms with Gasteiger partial charge in [-0.25, -0.2) is 4.98 Å². The first-order valence-corrected chi connectivity index (χ1v) is 7.38. The van der Waals surface area contributed by atoms with E-state index in [2.05, 4.69) is 33.7 Å². The normalized spacial score (nSPS) is 10.9. The molecule has 0 saturated heterocycles. The van der Waals surface area contributed by atoms with Crippen LogP contribution in [0.25, 0.3) is 0 Å². The van der Waals surface area contributed by atoms with Crippen molar-refractivity contribution in [2.45, 2.75) is 39.7 Å². The maximum Gasteiger partial charge on any atom is 0.252 e. The molecule has 0 atom stereocenters. The van der Waals surface area contributed by atoms with Crippen molar-refractivity contribution in [2.75, 3.05) is 5.32 Å². The molecular formula is C14H19N3OS. The van der Waals surface area contributed by atoms with Crippen molar-refractivity contribution >= 4 is 17.2 Å². The lowest BCUT2D eigenvalue weighted by Crippen LogP contribution is -2.14. The Labute approximate surface area is 116 Å². The second-order valence-corrected chi connectivity index (χ2v) is 5.75. The highest BCUT2D eigenvalue weighted by molar-refractivity contribution is 7.10. The summed E-state index contributed by atoms with van der Waals surface area (Å²) in [5.74, 6) is 1.57. The Hall–Kier alpha value is -1.62. The molecule has 102 valence electrons. The average Bonchev–Trinajstić information content (AvgIpc) is 2.83. The van der Waals surface area contributed by atoms with Gasteiger partial charge >= 0.3 is 0 Å². The fourth-order valence-corrected chi connectivity index (χ4v) is 2.76. The maximum atomic E-state index is 11.6. The molecule has 0 aliphatic heterocycles. The van der Waals surface area contributed by atoms with E-state index in [1.165, 1.54) is 16.5 Å². The number of aromatic nitrogens is 2. The minimum atomic E-state index is -0.108. The zero-order chi connectivity index (χ0) is 13.8. The number of nitrogens with one attached hydrogen (secondary N) is 2. The lowest BCUT2D eigenvalue weighted by Gasteiger charge is -2.09. The molecular weight excluding hydrogens is 258 g/mol. The summed E-state index contributed by atoms with van der Waals surface area (Å²) in [5.41, 5.74) is 1.24. The molecule has 0 amide bonds. The van der Waals surface area contributed by atoms with E-state index in [1.54, 1.807) is 11.3 Å². The number of aryl methyl sites for hydroxylation is 1. The van der Waals surface area contributed by atoms with E-state index in [-0.39, 0.29) is 11.5 Å². The summed E-state index contributed by atoms with van der Waals surface area (Å²) >= 11 is 1.73. The zero-order valence-corrected chi connectivity index (χ0v) is 12.3. The first-order valence-electron chi connectivity index (χ1n) is 6.50. The summed E-state index contributed by atoms with van der Waals surface area (Å²) < 4.78 is 0. The summed E-state index contributed by atoms with van der Waals surface area (Å²) in [7, 11) is 0. The van der Waals surface area contributed by atoms with Crippen LogP contribution in [-0.2, 0) is 13.0 Å². The molecule has 2 heterocycles. The smallest absolute Gasteiger partial charge is 0.252 e. The molecule has 0 unspecified atom stereocenters. The number of anilines is 1. The van der Waals surface area contributed by atoms with E-state index in [9.17, 15) is 4.79 Å². The number of nitrogens with zero attached hydrogens (tertiary/aromatic N) is 1. The summed E-state index contributed by atoms with van der Waals surface area (Å²) in [6.45, 7) is 6.88. The Kier molecular flexibility index (Phi) is 4.37. The van der Waals surface area contributed by atoms with Gasteiger partial charge in [-0.2, -0.15) is 0 Å². The van der Waals surface area contributed by atoms with Crippen molar-refractivity contribution in [3.05, 3.63) is 44.1 Å². The number of H-pyrrole nitrogens is 1. The van der Waals surface area contributed by atoms with Gasteiger partial charge in [0, 0.05) is 16.9 Å². The number of hydrogen-bond donors (Lipinski definition) is 2. The van der Waals surface area contributed by atoms with E-state index in [1.807, 2.05) is 13.8 Å². The molecule has 0 aliphatic carbocycles. The van der Waals surface area contributed by atoms with Crippen LogP contribution in [0.2, 0.25) is 0 Å². The van der Waals surface area contributed by atoms with Crippen LogP contribution in [-0.4, -0.2) is 9.97 Å². The van der Waals surface area contributed by atoms with Crippen molar-refractivity contribution < 1.29 is 0 Å². The Bertz CT molecular complexity index is 601. The fraction of sp³-hybridized carbons (Fsp3) is 0.429. The van der Waals surface area contributed by atoms with E-state index < -0.39 is 0 Å². The van der Waals surface area contributed by atoms with E-state index in [0.29, 0.717) is 5.82 Å². The van der Waals surface area contributed by atoms with Gasteiger partial charge in [-0.1, -0.05) is 20.8 Å². The first kappa shape index (κ1) is 13.8. The third-order valence-electron chi connectivity index (χ3n) is 2.96. The largest absolute Gasteiger partial charge is 0.365 e. The quantitative estimate of drug-likeness (QED) is 0.882. The van der Waals surface area contributed by atoms with Crippen molar-refractivity contribution in [3.8, 4) is 0 Å². The number of aromatic amines is 1. The standard InChI is InChI=1S/C14H19N3OS/c1-4-10-5-6-19-11(10)8-15-12-7-13(18)17-14(16-12)9(2)3/h5-7,9H,4,8H2,1-3H3,(H2,15,16,17,18). The van der Waals surface area contributed by atoms with Crippen LogP contribution in [0.4, 0.5) is 5.82 Å². The summed E-state index contributed by atoms with van der Waals surface area (Å²) in [4.78, 5) is 20.1. The molecule has 0 bridgehead atoms. The molecule has 2 aromatic heterocycles. The molecule has 0 radical (unpaired) electrons. The maximum absolute atomic E-state index is 11.6. The summed E-state index contributed by atoms with van der Waals surface area (Å²) in [5, 5.41) is 5.34. The van der Waals surface area contributed by atoms with Gasteiger partial charge in [-0.15, -0.1) is 11.3 Å². The highest BCUT2D eigenvalue weighted by Gasteiger charge is 2.06. The number of rotatable bonds is 5. The first-order chi connectivity index (χ1) is 9.10. The topological polar surface area (TPSA) is 57.8 Å².